The Bertz CT molecular complexity index is 495. The Morgan fingerprint density at radius 1 is 1.26 bits per heavy atom. The van der Waals surface area contributed by atoms with Crippen LogP contribution in [0.2, 0.25) is 0 Å². The number of carbonyl (C=O) groups is 1. The molecule has 0 spiro atoms. The van der Waals surface area contributed by atoms with Gasteiger partial charge in [-0.05, 0) is 24.5 Å². The highest BCUT2D eigenvalue weighted by atomic mass is 16.6. The normalized spacial score (nSPS) is 28.1. The summed E-state index contributed by atoms with van der Waals surface area (Å²) < 4.78 is 5.24. The number of ether oxygens (including phenoxy) is 1. The van der Waals surface area contributed by atoms with Crippen LogP contribution in [0.25, 0.3) is 5.57 Å². The summed E-state index contributed by atoms with van der Waals surface area (Å²) in [6.07, 6.45) is 4.14. The molecule has 0 radical (unpaired) electrons. The van der Waals surface area contributed by atoms with Gasteiger partial charge in [0, 0.05) is 19.5 Å². The zero-order chi connectivity index (χ0) is 13.2. The van der Waals surface area contributed by atoms with Gasteiger partial charge in [-0.2, -0.15) is 0 Å². The van der Waals surface area contributed by atoms with Crippen LogP contribution in [-0.2, 0) is 9.53 Å². The molecule has 1 fully saturated rings. The molecule has 2 aliphatic rings. The summed E-state index contributed by atoms with van der Waals surface area (Å²) in [7, 11) is 0. The van der Waals surface area contributed by atoms with Crippen molar-refractivity contribution in [2.75, 3.05) is 13.1 Å². The molecule has 100 valence electrons. The molecular formula is C16H19NO2. The summed E-state index contributed by atoms with van der Waals surface area (Å²) in [5.74, 6) is -0.0518. The highest BCUT2D eigenvalue weighted by Crippen LogP contribution is 2.26. The first-order valence-corrected chi connectivity index (χ1v) is 6.93. The van der Waals surface area contributed by atoms with Crippen LogP contribution in [0.5, 0.6) is 0 Å². The highest BCUT2D eigenvalue weighted by molar-refractivity contribution is 5.78. The lowest BCUT2D eigenvalue weighted by molar-refractivity contribution is -0.144. The lowest BCUT2D eigenvalue weighted by Gasteiger charge is -2.29. The van der Waals surface area contributed by atoms with Crippen molar-refractivity contribution in [3.05, 3.63) is 42.0 Å². The molecule has 19 heavy (non-hydrogen) atoms. The molecule has 0 N–H and O–H groups in total. The van der Waals surface area contributed by atoms with Crippen LogP contribution < -0.4 is 0 Å². The van der Waals surface area contributed by atoms with E-state index in [9.17, 15) is 4.79 Å². The fraction of sp³-hybridized carbons (Fsp3) is 0.438. The van der Waals surface area contributed by atoms with Crippen molar-refractivity contribution in [1.29, 1.82) is 0 Å². The molecule has 0 aromatic heterocycles. The molecular weight excluding hydrogens is 238 g/mol. The maximum atomic E-state index is 11.8. The largest absolute Gasteiger partial charge is 0.461 e. The molecule has 0 aliphatic carbocycles. The van der Waals surface area contributed by atoms with Crippen LogP contribution in [0.3, 0.4) is 0 Å². The van der Waals surface area contributed by atoms with Crippen LogP contribution in [-0.4, -0.2) is 36.1 Å². The SMILES string of the molecule is C[C@H]1C[C@H](N2CC=C(c3ccccc3)CC2)C(=O)O1. The van der Waals surface area contributed by atoms with Crippen LogP contribution in [0.1, 0.15) is 25.3 Å². The minimum absolute atomic E-state index is 0.0384. The Kier molecular flexibility index (Phi) is 3.38. The number of rotatable bonds is 2. The summed E-state index contributed by atoms with van der Waals surface area (Å²) in [6, 6.07) is 10.4. The first-order chi connectivity index (χ1) is 9.24. The molecule has 0 bridgehead atoms. The summed E-state index contributed by atoms with van der Waals surface area (Å²) in [4.78, 5) is 14.0. The minimum Gasteiger partial charge on any atom is -0.461 e. The minimum atomic E-state index is -0.0518. The van der Waals surface area contributed by atoms with Crippen LogP contribution in [0, 0.1) is 0 Å². The van der Waals surface area contributed by atoms with Crippen molar-refractivity contribution in [2.45, 2.75) is 31.9 Å². The van der Waals surface area contributed by atoms with E-state index in [1.807, 2.05) is 13.0 Å². The summed E-state index contributed by atoms with van der Waals surface area (Å²) >= 11 is 0. The van der Waals surface area contributed by atoms with E-state index in [-0.39, 0.29) is 18.1 Å². The molecule has 0 unspecified atom stereocenters. The predicted octanol–water partition coefficient (Wildman–Crippen LogP) is 2.48. The Hall–Kier alpha value is -1.61. The number of benzene rings is 1. The van der Waals surface area contributed by atoms with E-state index in [1.165, 1.54) is 11.1 Å². The van der Waals surface area contributed by atoms with Crippen LogP contribution in [0.15, 0.2) is 36.4 Å². The maximum Gasteiger partial charge on any atom is 0.323 e. The van der Waals surface area contributed by atoms with Gasteiger partial charge in [-0.25, -0.2) is 0 Å². The smallest absolute Gasteiger partial charge is 0.323 e. The Labute approximate surface area is 113 Å². The Balaban J connectivity index is 1.69. The maximum absolute atomic E-state index is 11.8. The average molecular weight is 257 g/mol. The average Bonchev–Trinajstić information content (AvgIpc) is 2.79. The van der Waals surface area contributed by atoms with Gasteiger partial charge in [-0.15, -0.1) is 0 Å². The van der Waals surface area contributed by atoms with Gasteiger partial charge >= 0.3 is 5.97 Å². The van der Waals surface area contributed by atoms with Gasteiger partial charge in [0.25, 0.3) is 0 Å². The number of nitrogens with zero attached hydrogens (tertiary/aromatic N) is 1. The third-order valence-corrected chi connectivity index (χ3v) is 3.97. The Morgan fingerprint density at radius 2 is 2.05 bits per heavy atom. The molecule has 3 heteroatoms. The molecule has 1 aromatic carbocycles. The van der Waals surface area contributed by atoms with E-state index in [0.29, 0.717) is 0 Å². The zero-order valence-electron chi connectivity index (χ0n) is 11.2. The van der Waals surface area contributed by atoms with E-state index in [2.05, 4.69) is 35.2 Å². The van der Waals surface area contributed by atoms with Crippen molar-refractivity contribution >= 4 is 11.5 Å². The molecule has 2 atom stereocenters. The van der Waals surface area contributed by atoms with Crippen molar-refractivity contribution in [2.24, 2.45) is 0 Å². The van der Waals surface area contributed by atoms with Crippen molar-refractivity contribution in [1.82, 2.24) is 4.90 Å². The van der Waals surface area contributed by atoms with E-state index in [1.54, 1.807) is 0 Å². The molecule has 2 heterocycles. The van der Waals surface area contributed by atoms with Gasteiger partial charge in [0.1, 0.15) is 12.1 Å². The molecule has 3 rings (SSSR count). The second-order valence-corrected chi connectivity index (χ2v) is 5.34. The summed E-state index contributed by atoms with van der Waals surface area (Å²) in [5.41, 5.74) is 2.68. The third-order valence-electron chi connectivity index (χ3n) is 3.97. The topological polar surface area (TPSA) is 29.5 Å². The number of hydrogen-bond donors (Lipinski definition) is 0. The lowest BCUT2D eigenvalue weighted by atomic mass is 9.98. The van der Waals surface area contributed by atoms with Crippen LogP contribution >= 0.6 is 0 Å². The molecule has 0 amide bonds. The van der Waals surface area contributed by atoms with E-state index >= 15 is 0 Å². The zero-order valence-corrected chi connectivity index (χ0v) is 11.2. The van der Waals surface area contributed by atoms with Crippen molar-refractivity contribution in [3.63, 3.8) is 0 Å². The fourth-order valence-electron chi connectivity index (χ4n) is 2.92. The third kappa shape index (κ3) is 2.56. The molecule has 1 saturated heterocycles. The fourth-order valence-corrected chi connectivity index (χ4v) is 2.92. The molecule has 3 nitrogen and oxygen atoms in total. The second-order valence-electron chi connectivity index (χ2n) is 5.34. The summed E-state index contributed by atoms with van der Waals surface area (Å²) in [6.45, 7) is 3.75. The van der Waals surface area contributed by atoms with Gasteiger partial charge < -0.3 is 4.74 Å². The van der Waals surface area contributed by atoms with Crippen molar-refractivity contribution in [3.8, 4) is 0 Å². The number of hydrogen-bond acceptors (Lipinski definition) is 3. The lowest BCUT2D eigenvalue weighted by Crippen LogP contribution is -2.41. The first kappa shape index (κ1) is 12.4. The van der Waals surface area contributed by atoms with Gasteiger partial charge in [0.15, 0.2) is 0 Å². The van der Waals surface area contributed by atoms with E-state index in [4.69, 9.17) is 4.74 Å². The monoisotopic (exact) mass is 257 g/mol. The number of carbonyl (C=O) groups excluding carboxylic acids is 1. The molecule has 2 aliphatic heterocycles. The quantitative estimate of drug-likeness (QED) is 0.762. The van der Waals surface area contributed by atoms with Gasteiger partial charge in [-0.3, -0.25) is 9.69 Å². The van der Waals surface area contributed by atoms with E-state index < -0.39 is 0 Å². The van der Waals surface area contributed by atoms with Gasteiger partial charge in [-0.1, -0.05) is 36.4 Å². The van der Waals surface area contributed by atoms with Gasteiger partial charge in [0.05, 0.1) is 0 Å². The number of esters is 1. The summed E-state index contributed by atoms with van der Waals surface area (Å²) in [5, 5.41) is 0. The predicted molar refractivity (Wildman–Crippen MR) is 74.6 cm³/mol. The number of cyclic esters (lactones) is 1. The van der Waals surface area contributed by atoms with E-state index in [0.717, 1.165) is 25.9 Å². The first-order valence-electron chi connectivity index (χ1n) is 6.93. The van der Waals surface area contributed by atoms with Gasteiger partial charge in [0.2, 0.25) is 0 Å². The standard InChI is InChI=1S/C16H19NO2/c1-12-11-15(16(18)19-12)17-9-7-14(8-10-17)13-5-3-2-4-6-13/h2-7,12,15H,8-11H2,1H3/t12-,15-/m0/s1. The Morgan fingerprint density at radius 3 is 2.63 bits per heavy atom. The molecule has 1 aromatic rings. The second kappa shape index (κ2) is 5.17. The molecule has 0 saturated carbocycles. The van der Waals surface area contributed by atoms with Crippen LogP contribution in [0.4, 0.5) is 0 Å². The van der Waals surface area contributed by atoms with Crippen molar-refractivity contribution < 1.29 is 9.53 Å². The highest BCUT2D eigenvalue weighted by Gasteiger charge is 2.36.